The van der Waals surface area contributed by atoms with E-state index in [1.54, 1.807) is 11.3 Å². The van der Waals surface area contributed by atoms with Gasteiger partial charge in [0.05, 0.1) is 6.04 Å². The van der Waals surface area contributed by atoms with E-state index in [0.29, 0.717) is 13.0 Å². The molecule has 1 saturated carbocycles. The van der Waals surface area contributed by atoms with Gasteiger partial charge in [-0.15, -0.1) is 11.3 Å². The van der Waals surface area contributed by atoms with E-state index in [0.717, 1.165) is 12.8 Å². The van der Waals surface area contributed by atoms with Gasteiger partial charge in [0.2, 0.25) is 5.91 Å². The van der Waals surface area contributed by atoms with Crippen LogP contribution in [0.1, 0.15) is 56.4 Å². The van der Waals surface area contributed by atoms with Crippen LogP contribution < -0.4 is 5.73 Å². The van der Waals surface area contributed by atoms with Crippen LogP contribution in [0.25, 0.3) is 0 Å². The van der Waals surface area contributed by atoms with Gasteiger partial charge in [-0.2, -0.15) is 0 Å². The van der Waals surface area contributed by atoms with Crippen LogP contribution >= 0.6 is 11.3 Å². The van der Waals surface area contributed by atoms with Crippen molar-refractivity contribution >= 4 is 17.2 Å². The minimum atomic E-state index is 0.0543. The zero-order chi connectivity index (χ0) is 14.6. The number of carbonyl (C=O) groups is 1. The molecule has 0 spiro atoms. The molecule has 0 aliphatic heterocycles. The Bertz CT molecular complexity index is 424. The van der Waals surface area contributed by atoms with Crippen molar-refractivity contribution in [2.75, 3.05) is 13.6 Å². The number of rotatable bonds is 5. The number of hydrogen-bond donors (Lipinski definition) is 1. The first-order valence-corrected chi connectivity index (χ1v) is 8.45. The second kappa shape index (κ2) is 6.72. The van der Waals surface area contributed by atoms with Gasteiger partial charge < -0.3 is 10.6 Å². The van der Waals surface area contributed by atoms with Crippen LogP contribution in [0.5, 0.6) is 0 Å². The molecular weight excluding hydrogens is 268 g/mol. The average molecular weight is 294 g/mol. The van der Waals surface area contributed by atoms with Gasteiger partial charge >= 0.3 is 0 Å². The molecule has 0 saturated heterocycles. The number of nitrogens with two attached hydrogens (primary N) is 1. The highest BCUT2D eigenvalue weighted by Crippen LogP contribution is 2.39. The standard InChI is InChI=1S/C16H26N2OS/c1-13(14-7-6-10-20-14)18(2)15(19)11-16(12-17)8-4-3-5-9-16/h6-7,10,13H,3-5,8-9,11-12,17H2,1-2H3. The summed E-state index contributed by atoms with van der Waals surface area (Å²) in [5, 5.41) is 2.06. The van der Waals surface area contributed by atoms with Crippen molar-refractivity contribution in [2.45, 2.75) is 51.5 Å². The van der Waals surface area contributed by atoms with Crippen LogP contribution in [-0.2, 0) is 4.79 Å². The molecule has 1 amide bonds. The van der Waals surface area contributed by atoms with E-state index >= 15 is 0 Å². The molecule has 1 unspecified atom stereocenters. The van der Waals surface area contributed by atoms with Gasteiger partial charge in [0.25, 0.3) is 0 Å². The molecule has 0 radical (unpaired) electrons. The number of carbonyl (C=O) groups excluding carboxylic acids is 1. The minimum absolute atomic E-state index is 0.0543. The number of amides is 1. The van der Waals surface area contributed by atoms with E-state index in [1.807, 2.05) is 18.0 Å². The van der Waals surface area contributed by atoms with Crippen molar-refractivity contribution in [1.82, 2.24) is 4.90 Å². The Labute approximate surface area is 126 Å². The third-order valence-electron chi connectivity index (χ3n) is 4.80. The van der Waals surface area contributed by atoms with Crippen LogP contribution in [0.4, 0.5) is 0 Å². The summed E-state index contributed by atoms with van der Waals surface area (Å²) in [4.78, 5) is 15.7. The molecule has 0 aromatic carbocycles. The summed E-state index contributed by atoms with van der Waals surface area (Å²) >= 11 is 1.71. The maximum Gasteiger partial charge on any atom is 0.223 e. The molecular formula is C16H26N2OS. The summed E-state index contributed by atoms with van der Waals surface area (Å²) in [6.07, 6.45) is 6.55. The molecule has 1 heterocycles. The first-order valence-electron chi connectivity index (χ1n) is 7.57. The molecule has 4 heteroatoms. The molecule has 2 N–H and O–H groups in total. The van der Waals surface area contributed by atoms with E-state index in [2.05, 4.69) is 18.4 Å². The van der Waals surface area contributed by atoms with Gasteiger partial charge in [0.15, 0.2) is 0 Å². The van der Waals surface area contributed by atoms with Gasteiger partial charge in [-0.25, -0.2) is 0 Å². The van der Waals surface area contributed by atoms with Crippen molar-refractivity contribution in [3.8, 4) is 0 Å². The van der Waals surface area contributed by atoms with Gasteiger partial charge in [0, 0.05) is 18.3 Å². The van der Waals surface area contributed by atoms with Crippen molar-refractivity contribution in [2.24, 2.45) is 11.1 Å². The monoisotopic (exact) mass is 294 g/mol. The first kappa shape index (κ1) is 15.5. The number of hydrogen-bond acceptors (Lipinski definition) is 3. The van der Waals surface area contributed by atoms with Crippen molar-refractivity contribution in [3.05, 3.63) is 22.4 Å². The zero-order valence-corrected chi connectivity index (χ0v) is 13.4. The summed E-state index contributed by atoms with van der Waals surface area (Å²) < 4.78 is 0. The summed E-state index contributed by atoms with van der Waals surface area (Å²) in [6, 6.07) is 4.29. The van der Waals surface area contributed by atoms with Gasteiger partial charge in [-0.1, -0.05) is 25.3 Å². The molecule has 0 bridgehead atoms. The van der Waals surface area contributed by atoms with E-state index in [9.17, 15) is 4.79 Å². The lowest BCUT2D eigenvalue weighted by Crippen LogP contribution is -2.39. The van der Waals surface area contributed by atoms with Gasteiger partial charge in [-0.3, -0.25) is 4.79 Å². The molecule has 1 aliphatic carbocycles. The Morgan fingerprint density at radius 2 is 2.15 bits per heavy atom. The highest BCUT2D eigenvalue weighted by atomic mass is 32.1. The molecule has 1 fully saturated rings. The van der Waals surface area contributed by atoms with Gasteiger partial charge in [0.1, 0.15) is 0 Å². The predicted molar refractivity (Wildman–Crippen MR) is 84.7 cm³/mol. The largest absolute Gasteiger partial charge is 0.338 e. The maximum atomic E-state index is 12.6. The topological polar surface area (TPSA) is 46.3 Å². The molecule has 20 heavy (non-hydrogen) atoms. The molecule has 2 rings (SSSR count). The SMILES string of the molecule is CC(c1cccs1)N(C)C(=O)CC1(CN)CCCCC1. The molecule has 112 valence electrons. The number of nitrogens with zero attached hydrogens (tertiary/aromatic N) is 1. The maximum absolute atomic E-state index is 12.6. The van der Waals surface area contributed by atoms with Crippen LogP contribution in [0.3, 0.4) is 0 Å². The third kappa shape index (κ3) is 3.41. The van der Waals surface area contributed by atoms with Crippen LogP contribution in [-0.4, -0.2) is 24.4 Å². The lowest BCUT2D eigenvalue weighted by Gasteiger charge is -2.37. The van der Waals surface area contributed by atoms with Crippen molar-refractivity contribution in [3.63, 3.8) is 0 Å². The fourth-order valence-electron chi connectivity index (χ4n) is 3.14. The summed E-state index contributed by atoms with van der Waals surface area (Å²) in [6.45, 7) is 2.74. The summed E-state index contributed by atoms with van der Waals surface area (Å²) in [5.41, 5.74) is 6.04. The summed E-state index contributed by atoms with van der Waals surface area (Å²) in [5.74, 6) is 0.234. The Balaban J connectivity index is 1.99. The summed E-state index contributed by atoms with van der Waals surface area (Å²) in [7, 11) is 1.92. The molecule has 1 aliphatic rings. The highest BCUT2D eigenvalue weighted by molar-refractivity contribution is 7.10. The Kier molecular flexibility index (Phi) is 5.22. The smallest absolute Gasteiger partial charge is 0.223 e. The fraction of sp³-hybridized carbons (Fsp3) is 0.688. The molecule has 1 aromatic rings. The van der Waals surface area contributed by atoms with Crippen LogP contribution in [0.2, 0.25) is 0 Å². The second-order valence-corrected chi connectivity index (χ2v) is 7.12. The number of thiophene rings is 1. The van der Waals surface area contributed by atoms with Crippen molar-refractivity contribution in [1.29, 1.82) is 0 Å². The van der Waals surface area contributed by atoms with E-state index < -0.39 is 0 Å². The molecule has 3 nitrogen and oxygen atoms in total. The first-order chi connectivity index (χ1) is 9.58. The normalized spacial score (nSPS) is 19.6. The molecule has 1 atom stereocenters. The minimum Gasteiger partial charge on any atom is -0.338 e. The van der Waals surface area contributed by atoms with E-state index in [4.69, 9.17) is 5.73 Å². The van der Waals surface area contributed by atoms with E-state index in [1.165, 1.54) is 24.1 Å². The Morgan fingerprint density at radius 3 is 2.70 bits per heavy atom. The predicted octanol–water partition coefficient (Wildman–Crippen LogP) is 3.57. The molecule has 1 aromatic heterocycles. The van der Waals surface area contributed by atoms with Crippen LogP contribution in [0, 0.1) is 5.41 Å². The highest BCUT2D eigenvalue weighted by Gasteiger charge is 2.34. The third-order valence-corrected chi connectivity index (χ3v) is 5.85. The Hall–Kier alpha value is -0.870. The van der Waals surface area contributed by atoms with E-state index in [-0.39, 0.29) is 17.4 Å². The quantitative estimate of drug-likeness (QED) is 0.902. The Morgan fingerprint density at radius 1 is 1.45 bits per heavy atom. The van der Waals surface area contributed by atoms with Crippen LogP contribution in [0.15, 0.2) is 17.5 Å². The lowest BCUT2D eigenvalue weighted by atomic mass is 9.71. The van der Waals surface area contributed by atoms with Crippen molar-refractivity contribution < 1.29 is 4.79 Å². The zero-order valence-electron chi connectivity index (χ0n) is 12.6. The lowest BCUT2D eigenvalue weighted by molar-refractivity contribution is -0.134. The fourth-order valence-corrected chi connectivity index (χ4v) is 3.96. The van der Waals surface area contributed by atoms with Gasteiger partial charge in [-0.05, 0) is 43.2 Å². The average Bonchev–Trinajstić information content (AvgIpc) is 3.00. The second-order valence-electron chi connectivity index (χ2n) is 6.14.